The summed E-state index contributed by atoms with van der Waals surface area (Å²) in [4.78, 5) is 15.3. The zero-order chi connectivity index (χ0) is 19.1. The second-order valence-electron chi connectivity index (χ2n) is 7.04. The van der Waals surface area contributed by atoms with E-state index < -0.39 is 5.97 Å². The molecule has 1 aliphatic rings. The number of benzene rings is 1. The molecule has 144 valence electrons. The van der Waals surface area contributed by atoms with E-state index in [4.69, 9.17) is 14.6 Å². The lowest BCUT2D eigenvalue weighted by Crippen LogP contribution is -2.16. The fourth-order valence-corrected chi connectivity index (χ4v) is 3.56. The van der Waals surface area contributed by atoms with E-state index in [0.29, 0.717) is 13.2 Å². The van der Waals surface area contributed by atoms with Crippen LogP contribution in [0.4, 0.5) is 5.82 Å². The molecule has 0 aliphatic heterocycles. The highest BCUT2D eigenvalue weighted by Crippen LogP contribution is 2.61. The summed E-state index contributed by atoms with van der Waals surface area (Å²) < 4.78 is 11.0. The van der Waals surface area contributed by atoms with Gasteiger partial charge in [-0.3, -0.25) is 4.79 Å². The van der Waals surface area contributed by atoms with Crippen LogP contribution in [0.25, 0.3) is 0 Å². The number of anilines is 1. The molecule has 1 aliphatic carbocycles. The molecule has 0 bridgehead atoms. The minimum absolute atomic E-state index is 0.146. The third-order valence-corrected chi connectivity index (χ3v) is 4.97. The first-order valence-corrected chi connectivity index (χ1v) is 9.21. The van der Waals surface area contributed by atoms with E-state index in [-0.39, 0.29) is 17.8 Å². The number of methoxy groups -OCH3 is 1. The van der Waals surface area contributed by atoms with Crippen molar-refractivity contribution in [2.24, 2.45) is 5.41 Å². The Kier molecular flexibility index (Phi) is 6.29. The van der Waals surface area contributed by atoms with E-state index in [2.05, 4.69) is 10.3 Å². The van der Waals surface area contributed by atoms with Gasteiger partial charge in [-0.2, -0.15) is 0 Å². The van der Waals surface area contributed by atoms with Crippen LogP contribution in [0, 0.1) is 5.41 Å². The molecule has 1 heterocycles. The van der Waals surface area contributed by atoms with Crippen LogP contribution in [0.1, 0.15) is 30.7 Å². The van der Waals surface area contributed by atoms with Gasteiger partial charge < -0.3 is 19.9 Å². The van der Waals surface area contributed by atoms with E-state index in [0.717, 1.165) is 36.5 Å². The Morgan fingerprint density at radius 1 is 1.30 bits per heavy atom. The molecule has 2 atom stereocenters. The smallest absolute Gasteiger partial charge is 0.304 e. The number of pyridine rings is 1. The number of hydrogen-bond donors (Lipinski definition) is 2. The molecule has 0 amide bonds. The number of hydrogen-bond acceptors (Lipinski definition) is 5. The van der Waals surface area contributed by atoms with Crippen molar-refractivity contribution in [1.82, 2.24) is 4.98 Å². The van der Waals surface area contributed by atoms with E-state index in [1.807, 2.05) is 42.5 Å². The number of rotatable bonds is 11. The van der Waals surface area contributed by atoms with Gasteiger partial charge in [0.15, 0.2) is 0 Å². The van der Waals surface area contributed by atoms with Crippen LogP contribution in [0.5, 0.6) is 5.75 Å². The molecule has 6 heteroatoms. The van der Waals surface area contributed by atoms with Gasteiger partial charge in [0, 0.05) is 25.3 Å². The molecule has 0 saturated heterocycles. The molecular weight excluding hydrogens is 344 g/mol. The SMILES string of the molecule is COCC1(CC(=O)O)CC1c1ccc(OCCCNc2ccccn2)cc1. The molecule has 27 heavy (non-hydrogen) atoms. The van der Waals surface area contributed by atoms with Crippen molar-refractivity contribution in [3.8, 4) is 5.75 Å². The van der Waals surface area contributed by atoms with Crippen LogP contribution >= 0.6 is 0 Å². The molecule has 0 spiro atoms. The van der Waals surface area contributed by atoms with Gasteiger partial charge in [0.2, 0.25) is 0 Å². The Morgan fingerprint density at radius 2 is 2.11 bits per heavy atom. The molecule has 1 saturated carbocycles. The van der Waals surface area contributed by atoms with Crippen LogP contribution in [-0.4, -0.2) is 42.9 Å². The number of aliphatic carboxylic acids is 1. The van der Waals surface area contributed by atoms with Gasteiger partial charge in [0.1, 0.15) is 11.6 Å². The molecule has 3 rings (SSSR count). The first kappa shape index (κ1) is 19.2. The highest BCUT2D eigenvalue weighted by atomic mass is 16.5. The summed E-state index contributed by atoms with van der Waals surface area (Å²) in [5.41, 5.74) is 0.887. The van der Waals surface area contributed by atoms with E-state index >= 15 is 0 Å². The molecule has 1 aromatic carbocycles. The monoisotopic (exact) mass is 370 g/mol. The van der Waals surface area contributed by atoms with Crippen molar-refractivity contribution in [3.63, 3.8) is 0 Å². The van der Waals surface area contributed by atoms with Crippen molar-refractivity contribution in [1.29, 1.82) is 0 Å². The number of ether oxygens (including phenoxy) is 2. The van der Waals surface area contributed by atoms with Crippen molar-refractivity contribution < 1.29 is 19.4 Å². The molecule has 2 N–H and O–H groups in total. The first-order valence-electron chi connectivity index (χ1n) is 9.21. The minimum atomic E-state index is -0.770. The Bertz CT molecular complexity index is 736. The van der Waals surface area contributed by atoms with Crippen LogP contribution in [0.3, 0.4) is 0 Å². The van der Waals surface area contributed by atoms with Gasteiger partial charge in [0.25, 0.3) is 0 Å². The number of carboxylic acids is 1. The number of carbonyl (C=O) groups is 1. The second kappa shape index (κ2) is 8.86. The van der Waals surface area contributed by atoms with Crippen molar-refractivity contribution in [2.75, 3.05) is 32.2 Å². The van der Waals surface area contributed by atoms with Crippen LogP contribution in [-0.2, 0) is 9.53 Å². The zero-order valence-electron chi connectivity index (χ0n) is 15.6. The van der Waals surface area contributed by atoms with Gasteiger partial charge in [-0.15, -0.1) is 0 Å². The second-order valence-corrected chi connectivity index (χ2v) is 7.04. The van der Waals surface area contributed by atoms with Crippen molar-refractivity contribution in [2.45, 2.75) is 25.2 Å². The summed E-state index contributed by atoms with van der Waals surface area (Å²) in [6, 6.07) is 13.8. The molecule has 1 fully saturated rings. The highest BCUT2D eigenvalue weighted by Gasteiger charge is 2.55. The number of nitrogens with zero attached hydrogens (tertiary/aromatic N) is 1. The normalized spacial score (nSPS) is 20.9. The van der Waals surface area contributed by atoms with E-state index in [1.54, 1.807) is 13.3 Å². The Hall–Kier alpha value is -2.60. The summed E-state index contributed by atoms with van der Waals surface area (Å²) in [7, 11) is 1.62. The molecule has 2 unspecified atom stereocenters. The van der Waals surface area contributed by atoms with Crippen LogP contribution in [0.15, 0.2) is 48.7 Å². The molecular formula is C21H26N2O4. The maximum atomic E-state index is 11.1. The summed E-state index contributed by atoms with van der Waals surface area (Å²) >= 11 is 0. The maximum absolute atomic E-state index is 11.1. The van der Waals surface area contributed by atoms with E-state index in [9.17, 15) is 4.79 Å². The largest absolute Gasteiger partial charge is 0.494 e. The lowest BCUT2D eigenvalue weighted by atomic mass is 9.96. The fraction of sp³-hybridized carbons (Fsp3) is 0.429. The van der Waals surface area contributed by atoms with Crippen molar-refractivity contribution >= 4 is 11.8 Å². The number of carboxylic acid groups (broad SMARTS) is 1. The lowest BCUT2D eigenvalue weighted by molar-refractivity contribution is -0.139. The average Bonchev–Trinajstić information content (AvgIpc) is 3.35. The number of aromatic nitrogens is 1. The van der Waals surface area contributed by atoms with Crippen LogP contribution < -0.4 is 10.1 Å². The summed E-state index contributed by atoms with van der Waals surface area (Å²) in [5.74, 6) is 1.17. The number of nitrogens with one attached hydrogen (secondary N) is 1. The summed E-state index contributed by atoms with van der Waals surface area (Å²) in [5, 5.41) is 12.4. The molecule has 0 radical (unpaired) electrons. The standard InChI is InChI=1S/C21H26N2O4/c1-26-15-21(14-20(24)25)13-18(21)16-6-8-17(9-7-16)27-12-4-11-23-19-5-2-3-10-22-19/h2-3,5-10,18H,4,11-15H2,1H3,(H,22,23)(H,24,25). The Morgan fingerprint density at radius 3 is 2.78 bits per heavy atom. The first-order chi connectivity index (χ1) is 13.1. The van der Waals surface area contributed by atoms with E-state index in [1.165, 1.54) is 0 Å². The van der Waals surface area contributed by atoms with Crippen LogP contribution in [0.2, 0.25) is 0 Å². The Labute approximate surface area is 159 Å². The Balaban J connectivity index is 1.43. The van der Waals surface area contributed by atoms with Gasteiger partial charge in [-0.05, 0) is 48.6 Å². The third-order valence-electron chi connectivity index (χ3n) is 4.97. The predicted octanol–water partition coefficient (Wildman–Crippen LogP) is 3.56. The molecule has 6 nitrogen and oxygen atoms in total. The van der Waals surface area contributed by atoms with Gasteiger partial charge >= 0.3 is 5.97 Å². The van der Waals surface area contributed by atoms with Gasteiger partial charge in [-0.1, -0.05) is 18.2 Å². The topological polar surface area (TPSA) is 80.7 Å². The summed E-state index contributed by atoms with van der Waals surface area (Å²) in [6.45, 7) is 1.90. The fourth-order valence-electron chi connectivity index (χ4n) is 3.56. The van der Waals surface area contributed by atoms with Crippen molar-refractivity contribution in [3.05, 3.63) is 54.2 Å². The highest BCUT2D eigenvalue weighted by molar-refractivity contribution is 5.69. The minimum Gasteiger partial charge on any atom is -0.494 e. The zero-order valence-corrected chi connectivity index (χ0v) is 15.6. The third kappa shape index (κ3) is 5.20. The molecule has 1 aromatic heterocycles. The van der Waals surface area contributed by atoms with Gasteiger partial charge in [-0.25, -0.2) is 4.98 Å². The summed E-state index contributed by atoms with van der Waals surface area (Å²) in [6.07, 6.45) is 3.63. The maximum Gasteiger partial charge on any atom is 0.304 e. The lowest BCUT2D eigenvalue weighted by Gasteiger charge is -2.14. The van der Waals surface area contributed by atoms with Gasteiger partial charge in [0.05, 0.1) is 19.6 Å². The molecule has 2 aromatic rings. The average molecular weight is 370 g/mol. The quantitative estimate of drug-likeness (QED) is 0.589. The predicted molar refractivity (Wildman–Crippen MR) is 103 cm³/mol.